The lowest BCUT2D eigenvalue weighted by Gasteiger charge is -1.96. The highest BCUT2D eigenvalue weighted by atomic mass is 35.5. The first-order valence-corrected chi connectivity index (χ1v) is 3.91. The molecule has 0 aliphatic rings. The smallest absolute Gasteiger partial charge is 0.148 e. The second-order valence-electron chi connectivity index (χ2n) is 2.19. The Hall–Kier alpha value is -1.09. The summed E-state index contributed by atoms with van der Waals surface area (Å²) in [5.41, 5.74) is 5.54. The molecular formula is C8H8ClFN2. The van der Waals surface area contributed by atoms with Crippen molar-refractivity contribution in [3.05, 3.63) is 30.1 Å². The Balaban J connectivity index is 2.96. The monoisotopic (exact) mass is 186 g/mol. The van der Waals surface area contributed by atoms with E-state index in [0.717, 1.165) is 0 Å². The normalized spacial score (nSPS) is 11.7. The standard InChI is InChI=1S/C8H8ClFN2/c9-5-8(11)12-7-4-2-1-3-6(7)10/h1-4H,5H2,(H2,11,12). The molecule has 0 heterocycles. The van der Waals surface area contributed by atoms with Crippen LogP contribution in [-0.2, 0) is 0 Å². The van der Waals surface area contributed by atoms with Crippen molar-refractivity contribution in [3.63, 3.8) is 0 Å². The summed E-state index contributed by atoms with van der Waals surface area (Å²) in [6.07, 6.45) is 0. The van der Waals surface area contributed by atoms with E-state index in [1.807, 2.05) is 0 Å². The maximum Gasteiger partial charge on any atom is 0.148 e. The van der Waals surface area contributed by atoms with Crippen LogP contribution in [0.5, 0.6) is 0 Å². The number of aliphatic imine (C=N–C) groups is 1. The third-order valence-electron chi connectivity index (χ3n) is 1.25. The SMILES string of the molecule is NC(CCl)=Nc1ccccc1F. The van der Waals surface area contributed by atoms with Crippen molar-refractivity contribution in [3.8, 4) is 0 Å². The zero-order valence-electron chi connectivity index (χ0n) is 6.30. The molecule has 0 spiro atoms. The van der Waals surface area contributed by atoms with E-state index in [4.69, 9.17) is 17.3 Å². The predicted molar refractivity (Wildman–Crippen MR) is 48.4 cm³/mol. The van der Waals surface area contributed by atoms with Gasteiger partial charge in [-0.25, -0.2) is 9.38 Å². The number of alkyl halides is 1. The molecule has 2 N–H and O–H groups in total. The molecule has 2 nitrogen and oxygen atoms in total. The van der Waals surface area contributed by atoms with E-state index in [1.165, 1.54) is 12.1 Å². The van der Waals surface area contributed by atoms with Gasteiger partial charge in [0.2, 0.25) is 0 Å². The quantitative estimate of drug-likeness (QED) is 0.429. The van der Waals surface area contributed by atoms with Crippen molar-refractivity contribution in [2.45, 2.75) is 0 Å². The fourth-order valence-electron chi connectivity index (χ4n) is 0.727. The van der Waals surface area contributed by atoms with Gasteiger partial charge in [0, 0.05) is 0 Å². The van der Waals surface area contributed by atoms with Gasteiger partial charge >= 0.3 is 0 Å². The van der Waals surface area contributed by atoms with E-state index in [-0.39, 0.29) is 17.4 Å². The van der Waals surface area contributed by atoms with E-state index in [2.05, 4.69) is 4.99 Å². The largest absolute Gasteiger partial charge is 0.386 e. The van der Waals surface area contributed by atoms with Crippen molar-refractivity contribution in [2.24, 2.45) is 10.7 Å². The minimum Gasteiger partial charge on any atom is -0.386 e. The number of benzene rings is 1. The number of nitrogens with two attached hydrogens (primary N) is 1. The fraction of sp³-hybridized carbons (Fsp3) is 0.125. The van der Waals surface area contributed by atoms with Gasteiger partial charge in [0.15, 0.2) is 0 Å². The van der Waals surface area contributed by atoms with E-state index >= 15 is 0 Å². The van der Waals surface area contributed by atoms with Gasteiger partial charge in [-0.05, 0) is 12.1 Å². The van der Waals surface area contributed by atoms with Crippen molar-refractivity contribution in [2.75, 3.05) is 5.88 Å². The summed E-state index contributed by atoms with van der Waals surface area (Å²) in [5.74, 6) is -0.0822. The summed E-state index contributed by atoms with van der Waals surface area (Å²) >= 11 is 5.38. The summed E-state index contributed by atoms with van der Waals surface area (Å²) in [7, 11) is 0. The molecule has 12 heavy (non-hydrogen) atoms. The van der Waals surface area contributed by atoms with Crippen LogP contribution in [0.15, 0.2) is 29.3 Å². The van der Waals surface area contributed by atoms with Crippen LogP contribution in [-0.4, -0.2) is 11.7 Å². The van der Waals surface area contributed by atoms with Crippen LogP contribution in [0.2, 0.25) is 0 Å². The molecule has 0 aromatic heterocycles. The Morgan fingerprint density at radius 2 is 2.17 bits per heavy atom. The van der Waals surface area contributed by atoms with E-state index in [9.17, 15) is 4.39 Å². The Morgan fingerprint density at radius 3 is 2.75 bits per heavy atom. The highest BCUT2D eigenvalue weighted by Gasteiger charge is 1.97. The highest BCUT2D eigenvalue weighted by Crippen LogP contribution is 2.15. The zero-order chi connectivity index (χ0) is 8.97. The molecule has 0 aliphatic heterocycles. The first-order valence-electron chi connectivity index (χ1n) is 3.37. The first-order chi connectivity index (χ1) is 5.74. The summed E-state index contributed by atoms with van der Waals surface area (Å²) in [4.78, 5) is 3.76. The Labute approximate surface area is 74.9 Å². The summed E-state index contributed by atoms with van der Waals surface area (Å²) in [5, 5.41) is 0. The number of amidine groups is 1. The molecular weight excluding hydrogens is 179 g/mol. The Bertz CT molecular complexity index is 299. The van der Waals surface area contributed by atoms with Gasteiger partial charge in [-0.2, -0.15) is 0 Å². The molecule has 1 aromatic rings. The zero-order valence-corrected chi connectivity index (χ0v) is 7.05. The lowest BCUT2D eigenvalue weighted by molar-refractivity contribution is 0.630. The number of para-hydroxylation sites is 1. The molecule has 0 radical (unpaired) electrons. The lowest BCUT2D eigenvalue weighted by atomic mass is 10.3. The molecule has 0 atom stereocenters. The predicted octanol–water partition coefficient (Wildman–Crippen LogP) is 2.05. The number of hydrogen-bond donors (Lipinski definition) is 1. The van der Waals surface area contributed by atoms with Gasteiger partial charge in [-0.15, -0.1) is 11.6 Å². The minimum absolute atomic E-state index is 0.105. The van der Waals surface area contributed by atoms with Crippen molar-refractivity contribution in [1.82, 2.24) is 0 Å². The molecule has 1 rings (SSSR count). The van der Waals surface area contributed by atoms with Crippen LogP contribution in [0.1, 0.15) is 0 Å². The molecule has 0 unspecified atom stereocenters. The maximum absolute atomic E-state index is 12.9. The topological polar surface area (TPSA) is 38.4 Å². The van der Waals surface area contributed by atoms with Crippen LogP contribution in [0, 0.1) is 5.82 Å². The van der Waals surface area contributed by atoms with E-state index < -0.39 is 5.82 Å². The third kappa shape index (κ3) is 2.20. The molecule has 0 amide bonds. The number of nitrogens with zero attached hydrogens (tertiary/aromatic N) is 1. The van der Waals surface area contributed by atoms with Crippen LogP contribution in [0.4, 0.5) is 10.1 Å². The van der Waals surface area contributed by atoms with Crippen LogP contribution in [0.3, 0.4) is 0 Å². The molecule has 64 valence electrons. The summed E-state index contributed by atoms with van der Waals surface area (Å²) in [6, 6.07) is 6.13. The van der Waals surface area contributed by atoms with Crippen molar-refractivity contribution < 1.29 is 4.39 Å². The molecule has 4 heteroatoms. The van der Waals surface area contributed by atoms with Gasteiger partial charge < -0.3 is 5.73 Å². The van der Waals surface area contributed by atoms with Gasteiger partial charge in [0.1, 0.15) is 17.3 Å². The molecule has 0 bridgehead atoms. The van der Waals surface area contributed by atoms with Crippen LogP contribution in [0.25, 0.3) is 0 Å². The Kier molecular flexibility index (Phi) is 3.05. The summed E-state index contributed by atoms with van der Waals surface area (Å²) < 4.78 is 12.9. The minimum atomic E-state index is -0.398. The van der Waals surface area contributed by atoms with E-state index in [0.29, 0.717) is 0 Å². The third-order valence-corrected chi connectivity index (χ3v) is 1.53. The molecule has 0 fully saturated rings. The van der Waals surface area contributed by atoms with Crippen LogP contribution < -0.4 is 5.73 Å². The number of rotatable bonds is 2. The van der Waals surface area contributed by atoms with Crippen LogP contribution >= 0.6 is 11.6 Å². The van der Waals surface area contributed by atoms with Crippen molar-refractivity contribution >= 4 is 23.1 Å². The number of halogens is 2. The maximum atomic E-state index is 12.9. The fourth-order valence-corrected chi connectivity index (χ4v) is 0.787. The molecule has 0 saturated heterocycles. The lowest BCUT2D eigenvalue weighted by Crippen LogP contribution is -2.12. The second-order valence-corrected chi connectivity index (χ2v) is 2.46. The van der Waals surface area contributed by atoms with Crippen molar-refractivity contribution in [1.29, 1.82) is 0 Å². The second kappa shape index (κ2) is 4.07. The van der Waals surface area contributed by atoms with Gasteiger partial charge in [0.25, 0.3) is 0 Å². The average Bonchev–Trinajstić information content (AvgIpc) is 2.09. The Morgan fingerprint density at radius 1 is 1.50 bits per heavy atom. The number of hydrogen-bond acceptors (Lipinski definition) is 1. The van der Waals surface area contributed by atoms with Gasteiger partial charge in [-0.1, -0.05) is 12.1 Å². The average molecular weight is 187 g/mol. The van der Waals surface area contributed by atoms with Gasteiger partial charge in [-0.3, -0.25) is 0 Å². The summed E-state index contributed by atoms with van der Waals surface area (Å²) in [6.45, 7) is 0. The molecule has 0 aliphatic carbocycles. The highest BCUT2D eigenvalue weighted by molar-refractivity contribution is 6.28. The first kappa shape index (κ1) is 9.00. The van der Waals surface area contributed by atoms with E-state index in [1.54, 1.807) is 12.1 Å². The van der Waals surface area contributed by atoms with Gasteiger partial charge in [0.05, 0.1) is 5.88 Å². The molecule has 1 aromatic carbocycles. The molecule has 0 saturated carbocycles.